The Kier molecular flexibility index (Phi) is 5.56. The Bertz CT molecular complexity index is 284. The molecule has 1 aliphatic heterocycles. The lowest BCUT2D eigenvalue weighted by atomic mass is 9.79. The van der Waals surface area contributed by atoms with Crippen LogP contribution >= 0.6 is 0 Å². The monoisotopic (exact) mass is 259 g/mol. The van der Waals surface area contributed by atoms with E-state index in [-0.39, 0.29) is 11.6 Å². The van der Waals surface area contributed by atoms with E-state index in [1.165, 1.54) is 7.11 Å². The highest BCUT2D eigenvalue weighted by atomic mass is 16.5. The second-order valence-corrected chi connectivity index (χ2v) is 5.07. The van der Waals surface area contributed by atoms with E-state index in [4.69, 9.17) is 14.2 Å². The van der Waals surface area contributed by atoms with Crippen molar-refractivity contribution in [1.29, 1.82) is 0 Å². The summed E-state index contributed by atoms with van der Waals surface area (Å²) in [5.74, 6) is -0.207. The molecule has 0 aromatic rings. The molecule has 2 unspecified atom stereocenters. The van der Waals surface area contributed by atoms with Crippen molar-refractivity contribution in [3.05, 3.63) is 0 Å². The van der Waals surface area contributed by atoms with E-state index in [0.717, 1.165) is 6.42 Å². The second kappa shape index (κ2) is 6.50. The molecule has 0 radical (unpaired) electrons. The Morgan fingerprint density at radius 3 is 2.72 bits per heavy atom. The van der Waals surface area contributed by atoms with Gasteiger partial charge in [0.05, 0.1) is 19.3 Å². The summed E-state index contributed by atoms with van der Waals surface area (Å²) in [6.07, 6.45) is 2.14. The van der Waals surface area contributed by atoms with Gasteiger partial charge < -0.3 is 14.2 Å². The molecule has 5 nitrogen and oxygen atoms in total. The number of carbonyl (C=O) groups excluding carboxylic acids is 1. The minimum Gasteiger partial charge on any atom is -0.468 e. The largest absolute Gasteiger partial charge is 0.468 e. The first-order valence-electron chi connectivity index (χ1n) is 6.48. The minimum absolute atomic E-state index is 0.207. The topological polar surface area (TPSA) is 56.8 Å². The lowest BCUT2D eigenvalue weighted by Crippen LogP contribution is -2.61. The number of ether oxygens (including phenoxy) is 3. The average molecular weight is 259 g/mol. The molecule has 1 heterocycles. The highest BCUT2D eigenvalue weighted by Crippen LogP contribution is 2.35. The van der Waals surface area contributed by atoms with E-state index < -0.39 is 5.54 Å². The van der Waals surface area contributed by atoms with Crippen LogP contribution in [-0.4, -0.2) is 51.1 Å². The molecule has 2 atom stereocenters. The van der Waals surface area contributed by atoms with Crippen molar-refractivity contribution in [2.24, 2.45) is 0 Å². The number of esters is 1. The van der Waals surface area contributed by atoms with Crippen LogP contribution in [0.3, 0.4) is 0 Å². The number of hydrogen-bond acceptors (Lipinski definition) is 5. The molecule has 0 aliphatic carbocycles. The van der Waals surface area contributed by atoms with Gasteiger partial charge in [0.2, 0.25) is 0 Å². The summed E-state index contributed by atoms with van der Waals surface area (Å²) in [6, 6.07) is 0. The highest BCUT2D eigenvalue weighted by molar-refractivity contribution is 5.81. The fraction of sp³-hybridized carbons (Fsp3) is 0.923. The van der Waals surface area contributed by atoms with Crippen LogP contribution < -0.4 is 5.32 Å². The van der Waals surface area contributed by atoms with Gasteiger partial charge in [0.25, 0.3) is 0 Å². The van der Waals surface area contributed by atoms with Crippen molar-refractivity contribution < 1.29 is 19.0 Å². The molecule has 0 bridgehead atoms. The predicted molar refractivity (Wildman–Crippen MR) is 68.5 cm³/mol. The Labute approximate surface area is 109 Å². The number of hydrogen-bond donors (Lipinski definition) is 1. The normalized spacial score (nSPS) is 32.2. The zero-order valence-electron chi connectivity index (χ0n) is 11.9. The maximum absolute atomic E-state index is 12.1. The van der Waals surface area contributed by atoms with E-state index in [1.54, 1.807) is 7.11 Å². The first-order valence-corrected chi connectivity index (χ1v) is 6.48. The lowest BCUT2D eigenvalue weighted by Gasteiger charge is -2.44. The summed E-state index contributed by atoms with van der Waals surface area (Å²) in [4.78, 5) is 12.1. The summed E-state index contributed by atoms with van der Waals surface area (Å²) in [7, 11) is 3.08. The van der Waals surface area contributed by atoms with Gasteiger partial charge in [-0.15, -0.1) is 0 Å². The maximum Gasteiger partial charge on any atom is 0.326 e. The van der Waals surface area contributed by atoms with Gasteiger partial charge in [-0.25, -0.2) is 0 Å². The zero-order valence-corrected chi connectivity index (χ0v) is 11.9. The number of rotatable bonds is 6. The molecule has 1 N–H and O–H groups in total. The molecular formula is C13H25NO4. The predicted octanol–water partition coefficient (Wildman–Crippen LogP) is 1.11. The van der Waals surface area contributed by atoms with E-state index in [0.29, 0.717) is 32.6 Å². The number of nitrogens with one attached hydrogen (secondary N) is 1. The quantitative estimate of drug-likeness (QED) is 0.572. The molecule has 0 aromatic heterocycles. The van der Waals surface area contributed by atoms with Crippen LogP contribution in [0.5, 0.6) is 0 Å². The Hall–Kier alpha value is -0.650. The van der Waals surface area contributed by atoms with Crippen LogP contribution in [0, 0.1) is 0 Å². The smallest absolute Gasteiger partial charge is 0.326 e. The Morgan fingerprint density at radius 2 is 2.17 bits per heavy atom. The van der Waals surface area contributed by atoms with Crippen molar-refractivity contribution in [3.63, 3.8) is 0 Å². The molecule has 18 heavy (non-hydrogen) atoms. The van der Waals surface area contributed by atoms with E-state index >= 15 is 0 Å². The van der Waals surface area contributed by atoms with Crippen LogP contribution in [0.25, 0.3) is 0 Å². The summed E-state index contributed by atoms with van der Waals surface area (Å²) >= 11 is 0. The van der Waals surface area contributed by atoms with Crippen molar-refractivity contribution in [1.82, 2.24) is 5.32 Å². The van der Waals surface area contributed by atoms with Crippen LogP contribution in [0.15, 0.2) is 0 Å². The van der Waals surface area contributed by atoms with Crippen molar-refractivity contribution in [2.45, 2.75) is 44.2 Å². The highest BCUT2D eigenvalue weighted by Gasteiger charge is 2.48. The van der Waals surface area contributed by atoms with E-state index in [1.807, 2.05) is 6.92 Å². The maximum atomic E-state index is 12.1. The third-order valence-corrected chi connectivity index (χ3v) is 3.75. The van der Waals surface area contributed by atoms with Gasteiger partial charge in [0.1, 0.15) is 5.54 Å². The second-order valence-electron chi connectivity index (χ2n) is 5.07. The fourth-order valence-corrected chi connectivity index (χ4v) is 2.46. The molecule has 1 fully saturated rings. The summed E-state index contributed by atoms with van der Waals surface area (Å²) in [5, 5.41) is 3.30. The zero-order chi connectivity index (χ0) is 13.6. The first-order chi connectivity index (χ1) is 8.52. The lowest BCUT2D eigenvalue weighted by molar-refractivity contribution is -0.163. The van der Waals surface area contributed by atoms with Gasteiger partial charge in [-0.3, -0.25) is 10.1 Å². The van der Waals surface area contributed by atoms with Crippen LogP contribution in [0.1, 0.15) is 33.1 Å². The molecule has 0 spiro atoms. The Morgan fingerprint density at radius 1 is 1.44 bits per heavy atom. The van der Waals surface area contributed by atoms with Crippen molar-refractivity contribution in [2.75, 3.05) is 34.0 Å². The summed E-state index contributed by atoms with van der Waals surface area (Å²) in [6.45, 7) is 5.89. The van der Waals surface area contributed by atoms with Gasteiger partial charge >= 0.3 is 5.97 Å². The number of carbonyl (C=O) groups is 1. The third-order valence-electron chi connectivity index (χ3n) is 3.75. The van der Waals surface area contributed by atoms with Gasteiger partial charge in [0, 0.05) is 26.7 Å². The molecule has 0 amide bonds. The summed E-state index contributed by atoms with van der Waals surface area (Å²) in [5.41, 5.74) is -0.914. The van der Waals surface area contributed by atoms with Gasteiger partial charge in [-0.2, -0.15) is 0 Å². The molecule has 1 saturated heterocycles. The van der Waals surface area contributed by atoms with E-state index in [2.05, 4.69) is 12.2 Å². The standard InChI is InChI=1S/C13H25NO4/c1-5-12(2)10-13(6-8-18-12,11(15)17-4)14-7-9-16-3/h14H,5-10H2,1-4H3. The van der Waals surface area contributed by atoms with Crippen LogP contribution in [-0.2, 0) is 19.0 Å². The van der Waals surface area contributed by atoms with Crippen molar-refractivity contribution in [3.8, 4) is 0 Å². The van der Waals surface area contributed by atoms with Crippen LogP contribution in [0.4, 0.5) is 0 Å². The molecule has 106 valence electrons. The van der Waals surface area contributed by atoms with Crippen molar-refractivity contribution >= 4 is 5.97 Å². The van der Waals surface area contributed by atoms with Gasteiger partial charge in [-0.05, 0) is 19.8 Å². The molecule has 1 rings (SSSR count). The van der Waals surface area contributed by atoms with Gasteiger partial charge in [0.15, 0.2) is 0 Å². The minimum atomic E-state index is -0.643. The first kappa shape index (κ1) is 15.4. The van der Waals surface area contributed by atoms with E-state index in [9.17, 15) is 4.79 Å². The summed E-state index contributed by atoms with van der Waals surface area (Å²) < 4.78 is 15.8. The average Bonchev–Trinajstić information content (AvgIpc) is 2.38. The molecule has 0 saturated carbocycles. The fourth-order valence-electron chi connectivity index (χ4n) is 2.46. The molecular weight excluding hydrogens is 234 g/mol. The number of methoxy groups -OCH3 is 2. The molecule has 1 aliphatic rings. The molecule has 0 aromatic carbocycles. The molecule has 5 heteroatoms. The Balaban J connectivity index is 2.79. The third kappa shape index (κ3) is 3.43. The van der Waals surface area contributed by atoms with Gasteiger partial charge in [-0.1, -0.05) is 6.92 Å². The van der Waals surface area contributed by atoms with Crippen LogP contribution in [0.2, 0.25) is 0 Å². The SMILES string of the molecule is CCC1(C)CC(NCCOC)(C(=O)OC)CCO1.